The van der Waals surface area contributed by atoms with Crippen LogP contribution in [0.15, 0.2) is 0 Å². The molecule has 0 saturated carbocycles. The zero-order chi connectivity index (χ0) is 4.50. The number of rotatable bonds is 0. The summed E-state index contributed by atoms with van der Waals surface area (Å²) in [4.78, 5) is 0. The van der Waals surface area contributed by atoms with Crippen LogP contribution < -0.4 is 0 Å². The maximum absolute atomic E-state index is 9.74. The van der Waals surface area contributed by atoms with Crippen LogP contribution >= 0.6 is 10.6 Å². The van der Waals surface area contributed by atoms with Crippen LogP contribution in [0.25, 0.3) is 0 Å². The summed E-state index contributed by atoms with van der Waals surface area (Å²) in [6.07, 6.45) is 2.54. The maximum atomic E-state index is 9.74. The molecule has 3 heteroatoms. The van der Waals surface area contributed by atoms with Gasteiger partial charge in [0.05, 0.1) is 0 Å². The molecule has 1 N–H and O–H groups in total. The van der Waals surface area contributed by atoms with Crippen molar-refractivity contribution in [2.45, 2.75) is 0 Å². The van der Waals surface area contributed by atoms with Crippen LogP contribution in [0.4, 0.5) is 0 Å². The fraction of sp³-hybridized carbons (Fsp3) is 1.00. The highest BCUT2D eigenvalue weighted by Crippen LogP contribution is 2.27. The molecule has 0 aromatic heterocycles. The summed E-state index contributed by atoms with van der Waals surface area (Å²) in [6.45, 7) is 0. The van der Waals surface area contributed by atoms with E-state index in [0.717, 1.165) is 0 Å². The van der Waals surface area contributed by atoms with Gasteiger partial charge in [-0.05, 0) is 0 Å². The van der Waals surface area contributed by atoms with Crippen LogP contribution in [0.5, 0.6) is 0 Å². The molecule has 33 valence electrons. The zero-order valence-corrected chi connectivity index (χ0v) is 4.08. The molecule has 0 fully saturated rings. The first kappa shape index (κ1) is 5.27. The third-order valence-corrected chi connectivity index (χ3v) is 0. The summed E-state index contributed by atoms with van der Waals surface area (Å²) in [5, 5.41) is 0. The van der Waals surface area contributed by atoms with Gasteiger partial charge in [-0.1, -0.05) is 0 Å². The lowest BCUT2D eigenvalue weighted by molar-refractivity contribution is 0.425. The maximum Gasteiger partial charge on any atom is 0.0290 e. The molecule has 2 nitrogen and oxygen atoms in total. The van der Waals surface area contributed by atoms with E-state index in [-0.39, 0.29) is 0 Å². The summed E-state index contributed by atoms with van der Waals surface area (Å²) < 4.78 is 17.8. The summed E-state index contributed by atoms with van der Waals surface area (Å²) in [7, 11) is -2.42. The molecular weight excluding hydrogens is 88.1 g/mol. The second-order valence-electron chi connectivity index (χ2n) is 1.18. The molecule has 0 heterocycles. The normalized spacial score (nSPS) is 15.2. The van der Waals surface area contributed by atoms with Gasteiger partial charge in [-0.3, -0.25) is 4.55 Å². The van der Waals surface area contributed by atoms with Crippen molar-refractivity contribution >= 4 is 10.6 Å². The van der Waals surface area contributed by atoms with E-state index in [1.54, 1.807) is 0 Å². The SMILES string of the molecule is CS(C)([O])O. The van der Waals surface area contributed by atoms with E-state index in [2.05, 4.69) is 0 Å². The van der Waals surface area contributed by atoms with E-state index >= 15 is 0 Å². The van der Waals surface area contributed by atoms with Crippen LogP contribution in [0.2, 0.25) is 0 Å². The molecule has 0 aliphatic heterocycles. The Labute approximate surface area is 33.2 Å². The highest BCUT2D eigenvalue weighted by atomic mass is 32.3. The summed E-state index contributed by atoms with van der Waals surface area (Å²) in [5.41, 5.74) is 0. The molecule has 0 spiro atoms. The Kier molecular flexibility index (Phi) is 1.22. The molecule has 0 unspecified atom stereocenters. The van der Waals surface area contributed by atoms with E-state index < -0.39 is 10.6 Å². The first-order chi connectivity index (χ1) is 2.00. The molecule has 0 aliphatic rings. The molecular formula is C2H7O2S. The number of hydrogen-bond donors (Lipinski definition) is 1. The van der Waals surface area contributed by atoms with Crippen molar-refractivity contribution in [1.82, 2.24) is 0 Å². The largest absolute Gasteiger partial charge is 0.297 e. The van der Waals surface area contributed by atoms with Crippen molar-refractivity contribution in [2.24, 2.45) is 0 Å². The van der Waals surface area contributed by atoms with E-state index in [1.807, 2.05) is 0 Å². The molecule has 0 bridgehead atoms. The van der Waals surface area contributed by atoms with Crippen LogP contribution in [-0.4, -0.2) is 17.1 Å². The lowest BCUT2D eigenvalue weighted by Crippen LogP contribution is -1.82. The summed E-state index contributed by atoms with van der Waals surface area (Å²) >= 11 is 0. The van der Waals surface area contributed by atoms with Crippen LogP contribution in [0.3, 0.4) is 0 Å². The van der Waals surface area contributed by atoms with Gasteiger partial charge in [0.1, 0.15) is 0 Å². The average molecular weight is 95.1 g/mol. The van der Waals surface area contributed by atoms with Gasteiger partial charge < -0.3 is 0 Å². The van der Waals surface area contributed by atoms with Crippen molar-refractivity contribution in [3.05, 3.63) is 0 Å². The van der Waals surface area contributed by atoms with Gasteiger partial charge in [-0.15, -0.1) is 4.55 Å². The molecule has 0 rings (SSSR count). The third kappa shape index (κ3) is 302. The second-order valence-corrected chi connectivity index (χ2v) is 3.54. The van der Waals surface area contributed by atoms with Gasteiger partial charge in [0.15, 0.2) is 0 Å². The van der Waals surface area contributed by atoms with Gasteiger partial charge in [0.2, 0.25) is 0 Å². The lowest BCUT2D eigenvalue weighted by Gasteiger charge is -2.13. The Balaban J connectivity index is 3.02. The van der Waals surface area contributed by atoms with Gasteiger partial charge in [-0.25, -0.2) is 0 Å². The minimum Gasteiger partial charge on any atom is -0.297 e. The Bertz CT molecular complexity index is 23.1. The van der Waals surface area contributed by atoms with Crippen molar-refractivity contribution in [3.63, 3.8) is 0 Å². The smallest absolute Gasteiger partial charge is 0.0290 e. The molecule has 0 aromatic rings. The topological polar surface area (TPSA) is 40.1 Å². The van der Waals surface area contributed by atoms with Crippen molar-refractivity contribution in [1.29, 1.82) is 0 Å². The van der Waals surface area contributed by atoms with Crippen molar-refractivity contribution in [2.75, 3.05) is 12.5 Å². The molecule has 0 amide bonds. The zero-order valence-electron chi connectivity index (χ0n) is 3.26. The average Bonchev–Trinajstić information content (AvgIpc) is 0.722. The van der Waals surface area contributed by atoms with E-state index in [4.69, 9.17) is 4.55 Å². The Morgan fingerprint density at radius 1 is 1.60 bits per heavy atom. The minimum atomic E-state index is -2.42. The summed E-state index contributed by atoms with van der Waals surface area (Å²) in [5.74, 6) is 0. The van der Waals surface area contributed by atoms with Crippen molar-refractivity contribution in [3.8, 4) is 0 Å². The van der Waals surface area contributed by atoms with Gasteiger partial charge >= 0.3 is 0 Å². The molecule has 0 saturated heterocycles. The van der Waals surface area contributed by atoms with Crippen LogP contribution in [-0.2, 0) is 4.55 Å². The van der Waals surface area contributed by atoms with Gasteiger partial charge in [0.25, 0.3) is 0 Å². The molecule has 0 aromatic carbocycles. The van der Waals surface area contributed by atoms with Gasteiger partial charge in [-0.2, -0.15) is 10.6 Å². The lowest BCUT2D eigenvalue weighted by atomic mass is 11.9. The predicted molar refractivity (Wildman–Crippen MR) is 22.8 cm³/mol. The fourth-order valence-corrected chi connectivity index (χ4v) is 0. The third-order valence-electron chi connectivity index (χ3n) is 0. The fourth-order valence-electron chi connectivity index (χ4n) is 0. The highest BCUT2D eigenvalue weighted by molar-refractivity contribution is 8.22. The molecule has 0 aliphatic carbocycles. The quantitative estimate of drug-likeness (QED) is 0.476. The molecule has 1 radical (unpaired) electrons. The van der Waals surface area contributed by atoms with Crippen LogP contribution in [0, 0.1) is 0 Å². The monoisotopic (exact) mass is 95.0 g/mol. The predicted octanol–water partition coefficient (Wildman–Crippen LogP) is 0.869. The van der Waals surface area contributed by atoms with Crippen molar-refractivity contribution < 1.29 is 9.11 Å². The van der Waals surface area contributed by atoms with E-state index in [1.165, 1.54) is 12.5 Å². The summed E-state index contributed by atoms with van der Waals surface area (Å²) in [6, 6.07) is 0. The standard InChI is InChI=1S/C2H7O2S/c1-5(2,3)4/h3H,1-2H3. The minimum absolute atomic E-state index is 1.27. The number of hydrogen-bond acceptors (Lipinski definition) is 1. The van der Waals surface area contributed by atoms with E-state index in [0.29, 0.717) is 0 Å². The van der Waals surface area contributed by atoms with Gasteiger partial charge in [0, 0.05) is 12.5 Å². The van der Waals surface area contributed by atoms with Crippen LogP contribution in [0.1, 0.15) is 0 Å². The second kappa shape index (κ2) is 1.16. The molecule has 5 heavy (non-hydrogen) atoms. The first-order valence-electron chi connectivity index (χ1n) is 1.17. The Hall–Kier alpha value is 0.270. The highest BCUT2D eigenvalue weighted by Gasteiger charge is 1.88. The first-order valence-corrected chi connectivity index (χ1v) is 3.50. The Morgan fingerprint density at radius 3 is 1.60 bits per heavy atom. The molecule has 0 atom stereocenters. The van der Waals surface area contributed by atoms with E-state index in [9.17, 15) is 4.55 Å². The Morgan fingerprint density at radius 2 is 1.60 bits per heavy atom.